The van der Waals surface area contributed by atoms with Gasteiger partial charge < -0.3 is 15.1 Å². The van der Waals surface area contributed by atoms with Gasteiger partial charge in [-0.15, -0.1) is 36.6 Å². The zero-order valence-electron chi connectivity index (χ0n) is 14.7. The van der Waals surface area contributed by atoms with E-state index in [9.17, 15) is 10.1 Å². The number of halogens is 2. The molecule has 3 rings (SSSR count). The van der Waals surface area contributed by atoms with Crippen LogP contribution in [0.1, 0.15) is 18.4 Å². The predicted molar refractivity (Wildman–Crippen MR) is 110 cm³/mol. The number of aromatic nitrogens is 1. The largest absolute Gasteiger partial charge is 0.355 e. The highest BCUT2D eigenvalue weighted by atomic mass is 35.5. The molecule has 0 saturated carbocycles. The average molecular weight is 429 g/mol. The molecule has 2 aliphatic heterocycles. The maximum atomic E-state index is 12.3. The summed E-state index contributed by atoms with van der Waals surface area (Å²) in [5.74, 6) is 2.04. The number of nitrogens with one attached hydrogen (secondary N) is 1. The molecule has 0 aromatic carbocycles. The van der Waals surface area contributed by atoms with Crippen molar-refractivity contribution in [3.05, 3.63) is 23.9 Å². The molecule has 0 spiro atoms. The monoisotopic (exact) mass is 428 g/mol. The molecule has 1 aromatic heterocycles. The van der Waals surface area contributed by atoms with Crippen molar-refractivity contribution in [1.82, 2.24) is 15.2 Å². The number of thioether (sulfide) groups is 1. The minimum Gasteiger partial charge on any atom is -0.355 e. The molecule has 0 bridgehead atoms. The van der Waals surface area contributed by atoms with Crippen molar-refractivity contribution in [1.29, 1.82) is 10.5 Å². The van der Waals surface area contributed by atoms with Crippen molar-refractivity contribution >= 4 is 48.3 Å². The van der Waals surface area contributed by atoms with Crippen LogP contribution >= 0.6 is 36.6 Å². The molecule has 1 aromatic rings. The average Bonchev–Trinajstić information content (AvgIpc) is 3.15. The maximum absolute atomic E-state index is 12.3. The predicted octanol–water partition coefficient (Wildman–Crippen LogP) is 1.78. The van der Waals surface area contributed by atoms with E-state index < -0.39 is 0 Å². The Morgan fingerprint density at radius 3 is 2.74 bits per heavy atom. The van der Waals surface area contributed by atoms with Crippen LogP contribution in [0.25, 0.3) is 0 Å². The molecule has 0 aliphatic carbocycles. The molecular weight excluding hydrogens is 407 g/mol. The lowest BCUT2D eigenvalue weighted by Gasteiger charge is -2.33. The lowest BCUT2D eigenvalue weighted by molar-refractivity contribution is -0.129. The third-order valence-electron chi connectivity index (χ3n) is 4.60. The van der Waals surface area contributed by atoms with E-state index in [1.165, 1.54) is 0 Å². The lowest BCUT2D eigenvalue weighted by Crippen LogP contribution is -2.47. The summed E-state index contributed by atoms with van der Waals surface area (Å²) in [6, 6.07) is 7.90. The summed E-state index contributed by atoms with van der Waals surface area (Å²) in [4.78, 5) is 20.4. The van der Waals surface area contributed by atoms with E-state index in [0.717, 1.165) is 31.7 Å². The topological polar surface area (TPSA) is 96.1 Å². The molecule has 2 aliphatic rings. The van der Waals surface area contributed by atoms with E-state index >= 15 is 0 Å². The highest BCUT2D eigenvalue weighted by Crippen LogP contribution is 2.22. The molecule has 1 N–H and O–H groups in total. The lowest BCUT2D eigenvalue weighted by atomic mass is 10.0. The number of amides is 1. The number of rotatable bonds is 4. The minimum atomic E-state index is -0.297. The second-order valence-electron chi connectivity index (χ2n) is 6.14. The van der Waals surface area contributed by atoms with Crippen molar-refractivity contribution < 1.29 is 4.79 Å². The van der Waals surface area contributed by atoms with Crippen molar-refractivity contribution in [2.75, 3.05) is 36.2 Å². The standard InChI is InChI=1S/C17H20N6OS.2ClH/c18-8-13-2-1-5-20-17(13)22-6-3-14(4-7-22)21-10-16(24)23-12-25-11-15(23)9-19;;/h1-2,5,14-15,21H,3-4,6-7,10-12H2;2*1H/t15-;;/m1../s1. The van der Waals surface area contributed by atoms with E-state index in [1.807, 2.05) is 0 Å². The van der Waals surface area contributed by atoms with Gasteiger partial charge in [-0.1, -0.05) is 0 Å². The van der Waals surface area contributed by atoms with Gasteiger partial charge in [-0.25, -0.2) is 4.98 Å². The van der Waals surface area contributed by atoms with Crippen molar-refractivity contribution in [2.24, 2.45) is 0 Å². The van der Waals surface area contributed by atoms with Gasteiger partial charge >= 0.3 is 0 Å². The normalized spacial score (nSPS) is 19.4. The van der Waals surface area contributed by atoms with E-state index in [0.29, 0.717) is 17.2 Å². The van der Waals surface area contributed by atoms with Gasteiger partial charge in [-0.05, 0) is 25.0 Å². The molecule has 2 saturated heterocycles. The van der Waals surface area contributed by atoms with Crippen LogP contribution in [-0.4, -0.2) is 59.1 Å². The molecule has 10 heteroatoms. The summed E-state index contributed by atoms with van der Waals surface area (Å²) in [5, 5.41) is 21.6. The summed E-state index contributed by atoms with van der Waals surface area (Å²) >= 11 is 1.62. The van der Waals surface area contributed by atoms with Crippen molar-refractivity contribution in [3.63, 3.8) is 0 Å². The Labute approximate surface area is 175 Å². The number of nitrogens with zero attached hydrogens (tertiary/aromatic N) is 5. The smallest absolute Gasteiger partial charge is 0.238 e. The van der Waals surface area contributed by atoms with Crippen LogP contribution in [0.4, 0.5) is 5.82 Å². The molecule has 27 heavy (non-hydrogen) atoms. The summed E-state index contributed by atoms with van der Waals surface area (Å²) in [6.07, 6.45) is 3.50. The Kier molecular flexibility index (Phi) is 9.68. The number of hydrogen-bond donors (Lipinski definition) is 1. The van der Waals surface area contributed by atoms with Crippen LogP contribution in [-0.2, 0) is 4.79 Å². The van der Waals surface area contributed by atoms with Gasteiger partial charge in [0.25, 0.3) is 0 Å². The zero-order chi connectivity index (χ0) is 17.6. The van der Waals surface area contributed by atoms with E-state index in [4.69, 9.17) is 5.26 Å². The highest BCUT2D eigenvalue weighted by Gasteiger charge is 2.29. The van der Waals surface area contributed by atoms with Gasteiger partial charge in [-0.3, -0.25) is 4.79 Å². The molecular formula is C17H22Cl2N6OS. The molecule has 0 radical (unpaired) electrons. The summed E-state index contributed by atoms with van der Waals surface area (Å²) in [5.41, 5.74) is 0.596. The van der Waals surface area contributed by atoms with Gasteiger partial charge in [0, 0.05) is 31.1 Å². The van der Waals surface area contributed by atoms with E-state index in [2.05, 4.69) is 27.3 Å². The molecule has 0 unspecified atom stereocenters. The number of carbonyl (C=O) groups excluding carboxylic acids is 1. The van der Waals surface area contributed by atoms with Gasteiger partial charge in [-0.2, -0.15) is 10.5 Å². The fourth-order valence-electron chi connectivity index (χ4n) is 3.16. The van der Waals surface area contributed by atoms with Crippen molar-refractivity contribution in [2.45, 2.75) is 24.9 Å². The van der Waals surface area contributed by atoms with Gasteiger partial charge in [0.2, 0.25) is 5.91 Å². The van der Waals surface area contributed by atoms with Crippen LogP contribution in [0.3, 0.4) is 0 Å². The van der Waals surface area contributed by atoms with Crippen LogP contribution in [0.5, 0.6) is 0 Å². The first-order chi connectivity index (χ1) is 12.2. The molecule has 7 nitrogen and oxygen atoms in total. The fraction of sp³-hybridized carbons (Fsp3) is 0.529. The number of piperidine rings is 1. The SMILES string of the molecule is Cl.Cl.N#Cc1cccnc1N1CCC(NCC(=O)N2CSC[C@H]2C#N)CC1. The Hall–Kier alpha value is -1.71. The molecule has 1 amide bonds. The Morgan fingerprint density at radius 1 is 1.33 bits per heavy atom. The van der Waals surface area contributed by atoms with Crippen LogP contribution in [0.15, 0.2) is 18.3 Å². The Bertz CT molecular complexity index is 714. The summed E-state index contributed by atoms with van der Waals surface area (Å²) in [7, 11) is 0. The number of pyridine rings is 1. The van der Waals surface area contributed by atoms with Crippen molar-refractivity contribution in [3.8, 4) is 12.1 Å². The van der Waals surface area contributed by atoms with E-state index in [-0.39, 0.29) is 49.3 Å². The van der Waals surface area contributed by atoms with Gasteiger partial charge in [0.15, 0.2) is 0 Å². The number of anilines is 1. The summed E-state index contributed by atoms with van der Waals surface area (Å²) < 4.78 is 0. The second-order valence-corrected chi connectivity index (χ2v) is 7.14. The maximum Gasteiger partial charge on any atom is 0.238 e. The van der Waals surface area contributed by atoms with Crippen LogP contribution in [0.2, 0.25) is 0 Å². The molecule has 3 heterocycles. The second kappa shape index (κ2) is 11.2. The molecule has 2 fully saturated rings. The third kappa shape index (κ3) is 5.63. The van der Waals surface area contributed by atoms with Gasteiger partial charge in [0.05, 0.1) is 24.1 Å². The minimum absolute atomic E-state index is 0. The quantitative estimate of drug-likeness (QED) is 0.780. The Balaban J connectivity index is 0.00000182. The summed E-state index contributed by atoms with van der Waals surface area (Å²) in [6.45, 7) is 1.88. The Morgan fingerprint density at radius 2 is 2.07 bits per heavy atom. The van der Waals surface area contributed by atoms with Crippen LogP contribution < -0.4 is 10.2 Å². The highest BCUT2D eigenvalue weighted by molar-refractivity contribution is 7.99. The fourth-order valence-corrected chi connectivity index (χ4v) is 4.26. The van der Waals surface area contributed by atoms with Crippen LogP contribution in [0, 0.1) is 22.7 Å². The number of hydrogen-bond acceptors (Lipinski definition) is 7. The van der Waals surface area contributed by atoms with Gasteiger partial charge in [0.1, 0.15) is 17.9 Å². The first kappa shape index (κ1) is 23.3. The zero-order valence-corrected chi connectivity index (χ0v) is 17.2. The number of carbonyl (C=O) groups is 1. The van der Waals surface area contributed by atoms with E-state index in [1.54, 1.807) is 35.0 Å². The molecule has 146 valence electrons. The molecule has 1 atom stereocenters. The third-order valence-corrected chi connectivity index (χ3v) is 5.61. The number of nitriles is 2. The first-order valence-corrected chi connectivity index (χ1v) is 9.48. The first-order valence-electron chi connectivity index (χ1n) is 8.33.